The van der Waals surface area contributed by atoms with Gasteiger partial charge in [0.15, 0.2) is 11.5 Å². The Morgan fingerprint density at radius 1 is 1.00 bits per heavy atom. The average Bonchev–Trinajstić information content (AvgIpc) is 2.62. The molecule has 0 spiro atoms. The van der Waals surface area contributed by atoms with E-state index in [0.29, 0.717) is 11.3 Å². The van der Waals surface area contributed by atoms with Gasteiger partial charge in [-0.15, -0.1) is 0 Å². The minimum absolute atomic E-state index is 0.0390. The van der Waals surface area contributed by atoms with E-state index in [2.05, 4.69) is 13.8 Å². The molecular weight excluding hydrogens is 322 g/mol. The van der Waals surface area contributed by atoms with Crippen LogP contribution in [-0.4, -0.2) is 43.8 Å². The minimum Gasteiger partial charge on any atom is -0.493 e. The van der Waals surface area contributed by atoms with Gasteiger partial charge >= 0.3 is 6.16 Å². The van der Waals surface area contributed by atoms with Crippen LogP contribution in [0.25, 0.3) is 0 Å². The summed E-state index contributed by atoms with van der Waals surface area (Å²) < 4.78 is 15.1. The highest BCUT2D eigenvalue weighted by molar-refractivity contribution is 5.95. The first-order valence-corrected chi connectivity index (χ1v) is 8.89. The summed E-state index contributed by atoms with van der Waals surface area (Å²) in [5, 5.41) is 0. The molecule has 1 amide bonds. The maximum Gasteiger partial charge on any atom is 0.513 e. The molecule has 6 heteroatoms. The van der Waals surface area contributed by atoms with Gasteiger partial charge in [0.25, 0.3) is 5.91 Å². The normalized spacial score (nSPS) is 10.2. The van der Waals surface area contributed by atoms with Crippen molar-refractivity contribution in [3.8, 4) is 11.5 Å². The molecule has 0 heterocycles. The van der Waals surface area contributed by atoms with E-state index < -0.39 is 6.16 Å². The monoisotopic (exact) mass is 351 g/mol. The van der Waals surface area contributed by atoms with Crippen LogP contribution in [0.5, 0.6) is 11.5 Å². The van der Waals surface area contributed by atoms with E-state index in [1.54, 1.807) is 25.1 Å². The molecule has 1 aromatic rings. The van der Waals surface area contributed by atoms with Crippen LogP contribution >= 0.6 is 0 Å². The maximum atomic E-state index is 12.8. The lowest BCUT2D eigenvalue weighted by Gasteiger charge is -2.23. The largest absolute Gasteiger partial charge is 0.513 e. The molecule has 1 rings (SSSR count). The van der Waals surface area contributed by atoms with Crippen molar-refractivity contribution in [3.05, 3.63) is 23.8 Å². The van der Waals surface area contributed by atoms with Gasteiger partial charge in [0.2, 0.25) is 0 Å². The summed E-state index contributed by atoms with van der Waals surface area (Å²) in [6.07, 6.45) is 3.21. The average molecular weight is 351 g/mol. The molecule has 0 aliphatic rings. The molecule has 0 aromatic heterocycles. The molecule has 1 aromatic carbocycles. The van der Waals surface area contributed by atoms with Crippen LogP contribution in [0, 0.1) is 0 Å². The number of rotatable bonds is 10. The highest BCUT2D eigenvalue weighted by atomic mass is 16.7. The van der Waals surface area contributed by atoms with Gasteiger partial charge in [-0.25, -0.2) is 4.79 Å². The molecule has 6 nitrogen and oxygen atoms in total. The van der Waals surface area contributed by atoms with Crippen molar-refractivity contribution >= 4 is 12.1 Å². The summed E-state index contributed by atoms with van der Waals surface area (Å²) in [5.74, 6) is 0.513. The van der Waals surface area contributed by atoms with Gasteiger partial charge in [0, 0.05) is 18.7 Å². The highest BCUT2D eigenvalue weighted by Crippen LogP contribution is 2.29. The van der Waals surface area contributed by atoms with E-state index in [9.17, 15) is 9.59 Å². The first-order valence-electron chi connectivity index (χ1n) is 8.89. The summed E-state index contributed by atoms with van der Waals surface area (Å²) in [6.45, 7) is 7.60. The van der Waals surface area contributed by atoms with E-state index in [-0.39, 0.29) is 18.3 Å². The zero-order valence-corrected chi connectivity index (χ0v) is 15.7. The molecule has 0 radical (unpaired) electrons. The Labute approximate surface area is 150 Å². The Morgan fingerprint density at radius 2 is 1.64 bits per heavy atom. The Kier molecular flexibility index (Phi) is 9.43. The van der Waals surface area contributed by atoms with Gasteiger partial charge in [-0.1, -0.05) is 26.7 Å². The van der Waals surface area contributed by atoms with Crippen LogP contribution < -0.4 is 9.47 Å². The third kappa shape index (κ3) is 6.64. The number of carbonyl (C=O) groups excluding carboxylic acids is 2. The standard InChI is InChI=1S/C19H29NO5/c1-5-8-12-20(13-9-6-2)18(21)15-10-11-16(17(14-15)23-4)25-19(22)24-7-3/h10-11,14H,5-9,12-13H2,1-4H3. The fourth-order valence-electron chi connectivity index (χ4n) is 2.32. The molecule has 25 heavy (non-hydrogen) atoms. The fraction of sp³-hybridized carbons (Fsp3) is 0.579. The number of unbranched alkanes of at least 4 members (excludes halogenated alkanes) is 2. The van der Waals surface area contributed by atoms with Crippen LogP contribution in [0.1, 0.15) is 56.8 Å². The lowest BCUT2D eigenvalue weighted by molar-refractivity contribution is 0.0750. The second kappa shape index (κ2) is 11.3. The maximum absolute atomic E-state index is 12.8. The topological polar surface area (TPSA) is 65.1 Å². The quantitative estimate of drug-likeness (QED) is 0.465. The molecule has 0 N–H and O–H groups in total. The van der Waals surface area contributed by atoms with E-state index in [0.717, 1.165) is 38.8 Å². The minimum atomic E-state index is -0.799. The summed E-state index contributed by atoms with van der Waals surface area (Å²) in [4.78, 5) is 26.1. The van der Waals surface area contributed by atoms with Crippen molar-refractivity contribution in [2.45, 2.75) is 46.5 Å². The Morgan fingerprint density at radius 3 is 2.16 bits per heavy atom. The number of hydrogen-bond acceptors (Lipinski definition) is 5. The molecule has 0 saturated heterocycles. The van der Waals surface area contributed by atoms with Gasteiger partial charge in [-0.2, -0.15) is 0 Å². The van der Waals surface area contributed by atoms with Crippen molar-refractivity contribution in [2.75, 3.05) is 26.8 Å². The number of amides is 1. The number of carbonyl (C=O) groups is 2. The Hall–Kier alpha value is -2.24. The predicted molar refractivity (Wildman–Crippen MR) is 96.4 cm³/mol. The van der Waals surface area contributed by atoms with E-state index >= 15 is 0 Å². The van der Waals surface area contributed by atoms with Crippen LogP contribution in [0.2, 0.25) is 0 Å². The summed E-state index contributed by atoms with van der Waals surface area (Å²) >= 11 is 0. The Balaban J connectivity index is 2.94. The van der Waals surface area contributed by atoms with Crippen LogP contribution in [0.3, 0.4) is 0 Å². The molecule has 0 atom stereocenters. The van der Waals surface area contributed by atoms with Gasteiger partial charge in [0.05, 0.1) is 13.7 Å². The Bertz CT molecular complexity index is 551. The van der Waals surface area contributed by atoms with E-state index in [4.69, 9.17) is 14.2 Å². The molecule has 0 aliphatic carbocycles. The first-order chi connectivity index (χ1) is 12.1. The number of methoxy groups -OCH3 is 1. The molecule has 0 bridgehead atoms. The molecular formula is C19H29NO5. The molecule has 0 aliphatic heterocycles. The molecule has 0 unspecified atom stereocenters. The highest BCUT2D eigenvalue weighted by Gasteiger charge is 2.18. The zero-order chi connectivity index (χ0) is 18.7. The summed E-state index contributed by atoms with van der Waals surface area (Å²) in [5.41, 5.74) is 0.514. The molecule has 0 saturated carbocycles. The van der Waals surface area contributed by atoms with Gasteiger partial charge in [-0.3, -0.25) is 4.79 Å². The summed E-state index contributed by atoms with van der Waals surface area (Å²) in [7, 11) is 1.47. The van der Waals surface area contributed by atoms with Crippen molar-refractivity contribution in [3.63, 3.8) is 0 Å². The number of hydrogen-bond donors (Lipinski definition) is 0. The smallest absolute Gasteiger partial charge is 0.493 e. The van der Waals surface area contributed by atoms with Crippen molar-refractivity contribution in [1.82, 2.24) is 4.90 Å². The SMILES string of the molecule is CCCCN(CCCC)C(=O)c1ccc(OC(=O)OCC)c(OC)c1. The second-order valence-electron chi connectivity index (χ2n) is 5.65. The molecule has 0 fully saturated rings. The number of nitrogens with zero attached hydrogens (tertiary/aromatic N) is 1. The van der Waals surface area contributed by atoms with Gasteiger partial charge < -0.3 is 19.1 Å². The van der Waals surface area contributed by atoms with E-state index in [1.807, 2.05) is 4.90 Å². The lowest BCUT2D eigenvalue weighted by atomic mass is 10.1. The number of benzene rings is 1. The van der Waals surface area contributed by atoms with Crippen LogP contribution in [0.15, 0.2) is 18.2 Å². The van der Waals surface area contributed by atoms with Crippen LogP contribution in [-0.2, 0) is 4.74 Å². The third-order valence-corrected chi connectivity index (χ3v) is 3.72. The number of ether oxygens (including phenoxy) is 3. The second-order valence-corrected chi connectivity index (χ2v) is 5.65. The van der Waals surface area contributed by atoms with Crippen molar-refractivity contribution in [2.24, 2.45) is 0 Å². The lowest BCUT2D eigenvalue weighted by Crippen LogP contribution is -2.33. The molecule has 140 valence electrons. The third-order valence-electron chi connectivity index (χ3n) is 3.72. The van der Waals surface area contributed by atoms with E-state index in [1.165, 1.54) is 7.11 Å². The predicted octanol–water partition coefficient (Wildman–Crippen LogP) is 4.27. The zero-order valence-electron chi connectivity index (χ0n) is 15.7. The van der Waals surface area contributed by atoms with Gasteiger partial charge in [-0.05, 0) is 38.0 Å². The van der Waals surface area contributed by atoms with Crippen molar-refractivity contribution < 1.29 is 23.8 Å². The van der Waals surface area contributed by atoms with Crippen LogP contribution in [0.4, 0.5) is 4.79 Å². The fourth-order valence-corrected chi connectivity index (χ4v) is 2.32. The first kappa shape index (κ1) is 20.8. The van der Waals surface area contributed by atoms with Gasteiger partial charge in [0.1, 0.15) is 0 Å². The summed E-state index contributed by atoms with van der Waals surface area (Å²) in [6, 6.07) is 4.80. The van der Waals surface area contributed by atoms with Crippen molar-refractivity contribution in [1.29, 1.82) is 0 Å².